The van der Waals surface area contributed by atoms with E-state index in [1.54, 1.807) is 18.2 Å². The van der Waals surface area contributed by atoms with Crippen LogP contribution in [0.25, 0.3) is 22.8 Å². The third-order valence-electron chi connectivity index (χ3n) is 3.53. The van der Waals surface area contributed by atoms with E-state index in [1.807, 2.05) is 0 Å². The molecule has 0 aliphatic carbocycles. The number of nitrogens with two attached hydrogens (primary N) is 1. The van der Waals surface area contributed by atoms with Gasteiger partial charge in [-0.2, -0.15) is 9.97 Å². The van der Waals surface area contributed by atoms with E-state index in [0.29, 0.717) is 28.7 Å². The Bertz CT molecular complexity index is 1050. The van der Waals surface area contributed by atoms with Crippen LogP contribution in [-0.4, -0.2) is 31.2 Å². The summed E-state index contributed by atoms with van der Waals surface area (Å²) in [7, 11) is 0. The van der Waals surface area contributed by atoms with E-state index in [-0.39, 0.29) is 30.6 Å². The molecule has 1 amide bonds. The fraction of sp³-hybridized carbons (Fsp3) is 0.125. The van der Waals surface area contributed by atoms with E-state index in [2.05, 4.69) is 30.6 Å². The number of carbonyl (C=O) groups is 1. The molecule has 0 unspecified atom stereocenters. The van der Waals surface area contributed by atoms with Gasteiger partial charge in [-0.3, -0.25) is 4.79 Å². The number of nitrogen functional groups attached to an aromatic ring is 1. The Balaban J connectivity index is 1.36. The number of hydrogen-bond acceptors (Lipinski definition) is 10. The minimum absolute atomic E-state index is 0.0294. The number of aryl methyl sites for hydroxylation is 1. The largest absolute Gasteiger partial charge is 0.472 e. The second-order valence-electron chi connectivity index (χ2n) is 5.46. The zero-order chi connectivity index (χ0) is 18.6. The van der Waals surface area contributed by atoms with Gasteiger partial charge in [0.1, 0.15) is 12.1 Å². The summed E-state index contributed by atoms with van der Waals surface area (Å²) in [5, 5.41) is 10.1. The quantitative estimate of drug-likeness (QED) is 0.515. The van der Waals surface area contributed by atoms with Crippen molar-refractivity contribution >= 4 is 17.7 Å². The molecule has 4 aromatic rings. The van der Waals surface area contributed by atoms with Crippen molar-refractivity contribution in [2.24, 2.45) is 0 Å². The molecule has 0 atom stereocenters. The maximum absolute atomic E-state index is 12.1. The van der Waals surface area contributed by atoms with Crippen LogP contribution in [0.4, 0.5) is 11.8 Å². The number of hydrogen-bond donors (Lipinski definition) is 2. The molecule has 11 nitrogen and oxygen atoms in total. The van der Waals surface area contributed by atoms with Crippen molar-refractivity contribution in [2.75, 3.05) is 11.1 Å². The number of carbonyl (C=O) groups excluding carboxylic acids is 1. The third kappa shape index (κ3) is 3.81. The van der Waals surface area contributed by atoms with Crippen LogP contribution in [-0.2, 0) is 11.2 Å². The Morgan fingerprint density at radius 2 is 2.07 bits per heavy atom. The number of nitrogens with zero attached hydrogens (tertiary/aromatic N) is 5. The lowest BCUT2D eigenvalue weighted by atomic mass is 10.2. The van der Waals surface area contributed by atoms with Gasteiger partial charge < -0.3 is 24.5 Å². The maximum atomic E-state index is 12.1. The Labute approximate surface area is 151 Å². The van der Waals surface area contributed by atoms with E-state index in [9.17, 15) is 4.79 Å². The number of anilines is 2. The van der Waals surface area contributed by atoms with Crippen molar-refractivity contribution in [3.05, 3.63) is 42.8 Å². The van der Waals surface area contributed by atoms with E-state index >= 15 is 0 Å². The van der Waals surface area contributed by atoms with Crippen molar-refractivity contribution in [1.29, 1.82) is 0 Å². The second kappa shape index (κ2) is 7.07. The fourth-order valence-corrected chi connectivity index (χ4v) is 2.28. The fourth-order valence-electron chi connectivity index (χ4n) is 2.28. The summed E-state index contributed by atoms with van der Waals surface area (Å²) >= 11 is 0. The minimum atomic E-state index is -0.257. The van der Waals surface area contributed by atoms with Crippen molar-refractivity contribution in [3.8, 4) is 22.8 Å². The van der Waals surface area contributed by atoms with E-state index in [4.69, 9.17) is 19.2 Å². The number of pyridine rings is 1. The molecule has 11 heteroatoms. The lowest BCUT2D eigenvalue weighted by Gasteiger charge is -2.04. The monoisotopic (exact) mass is 367 g/mol. The molecule has 3 N–H and O–H groups in total. The van der Waals surface area contributed by atoms with Crippen LogP contribution < -0.4 is 11.1 Å². The van der Waals surface area contributed by atoms with Crippen molar-refractivity contribution in [1.82, 2.24) is 25.3 Å². The molecule has 0 aliphatic heterocycles. The van der Waals surface area contributed by atoms with Gasteiger partial charge in [-0.15, -0.1) is 0 Å². The lowest BCUT2D eigenvalue weighted by Crippen LogP contribution is -2.13. The number of amides is 1. The molecule has 4 heterocycles. The molecule has 0 saturated heterocycles. The number of rotatable bonds is 6. The molecule has 0 radical (unpaired) electrons. The molecule has 27 heavy (non-hydrogen) atoms. The summed E-state index contributed by atoms with van der Waals surface area (Å²) in [6.45, 7) is 0. The van der Waals surface area contributed by atoms with Crippen molar-refractivity contribution in [3.63, 3.8) is 0 Å². The average Bonchev–Trinajstić information content (AvgIpc) is 3.41. The first-order valence-corrected chi connectivity index (χ1v) is 7.88. The maximum Gasteiger partial charge on any atom is 0.261 e. The predicted molar refractivity (Wildman–Crippen MR) is 90.9 cm³/mol. The van der Waals surface area contributed by atoms with Gasteiger partial charge in [-0.1, -0.05) is 5.16 Å². The van der Waals surface area contributed by atoms with Crippen molar-refractivity contribution < 1.29 is 18.3 Å². The van der Waals surface area contributed by atoms with Crippen LogP contribution in [0.5, 0.6) is 0 Å². The van der Waals surface area contributed by atoms with Gasteiger partial charge >= 0.3 is 0 Å². The first-order valence-electron chi connectivity index (χ1n) is 7.88. The zero-order valence-electron chi connectivity index (χ0n) is 13.8. The highest BCUT2D eigenvalue weighted by atomic mass is 16.5. The van der Waals surface area contributed by atoms with Gasteiger partial charge in [0.25, 0.3) is 11.8 Å². The highest BCUT2D eigenvalue weighted by Gasteiger charge is 2.13. The average molecular weight is 367 g/mol. The van der Waals surface area contributed by atoms with Crippen LogP contribution in [0.15, 0.2) is 50.4 Å². The summed E-state index contributed by atoms with van der Waals surface area (Å²) in [6, 6.07) is 4.99. The predicted octanol–water partition coefficient (Wildman–Crippen LogP) is 1.93. The smallest absolute Gasteiger partial charge is 0.261 e. The SMILES string of the molecule is Nc1noc(-c2ccnc(NC(=O)CCc3nc(-c4ccoc4)no3)c2)n1. The number of aromatic nitrogens is 5. The van der Waals surface area contributed by atoms with E-state index in [1.165, 1.54) is 18.7 Å². The Morgan fingerprint density at radius 3 is 2.85 bits per heavy atom. The number of furan rings is 1. The molecule has 4 aromatic heterocycles. The third-order valence-corrected chi connectivity index (χ3v) is 3.53. The van der Waals surface area contributed by atoms with Crippen LogP contribution >= 0.6 is 0 Å². The van der Waals surface area contributed by atoms with Crippen molar-refractivity contribution in [2.45, 2.75) is 12.8 Å². The van der Waals surface area contributed by atoms with Gasteiger partial charge in [0.15, 0.2) is 0 Å². The van der Waals surface area contributed by atoms with Gasteiger partial charge in [0.2, 0.25) is 17.6 Å². The summed E-state index contributed by atoms with van der Waals surface area (Å²) in [5.74, 6) is 1.12. The van der Waals surface area contributed by atoms with Crippen LogP contribution in [0.2, 0.25) is 0 Å². The number of nitrogens with one attached hydrogen (secondary N) is 1. The Morgan fingerprint density at radius 1 is 1.15 bits per heavy atom. The van der Waals surface area contributed by atoms with Gasteiger partial charge in [-0.05, 0) is 23.4 Å². The summed E-state index contributed by atoms with van der Waals surface area (Å²) < 4.78 is 15.1. The molecular formula is C16H13N7O4. The van der Waals surface area contributed by atoms with E-state index < -0.39 is 0 Å². The Hall–Kier alpha value is -4.02. The Kier molecular flexibility index (Phi) is 4.31. The second-order valence-corrected chi connectivity index (χ2v) is 5.46. The summed E-state index contributed by atoms with van der Waals surface area (Å²) in [4.78, 5) is 24.4. The highest BCUT2D eigenvalue weighted by Crippen LogP contribution is 2.20. The lowest BCUT2D eigenvalue weighted by molar-refractivity contribution is -0.116. The zero-order valence-corrected chi connectivity index (χ0v) is 13.8. The van der Waals surface area contributed by atoms with Gasteiger partial charge in [-0.25, -0.2) is 4.98 Å². The molecule has 4 rings (SSSR count). The minimum Gasteiger partial charge on any atom is -0.472 e. The molecular weight excluding hydrogens is 354 g/mol. The van der Waals surface area contributed by atoms with Crippen LogP contribution in [0, 0.1) is 0 Å². The first kappa shape index (κ1) is 16.4. The first-order chi connectivity index (χ1) is 13.2. The molecule has 0 aromatic carbocycles. The standard InChI is InChI=1S/C16H13N7O4/c17-16-21-15(27-23-16)9-3-5-18-11(7-9)19-12(24)1-2-13-20-14(22-26-13)10-4-6-25-8-10/h3-8H,1-2H2,(H2,17,23)(H,18,19,24). The highest BCUT2D eigenvalue weighted by molar-refractivity contribution is 5.90. The molecule has 0 bridgehead atoms. The van der Waals surface area contributed by atoms with E-state index in [0.717, 1.165) is 0 Å². The van der Waals surface area contributed by atoms with Gasteiger partial charge in [0, 0.05) is 24.6 Å². The molecule has 0 aliphatic rings. The molecule has 136 valence electrons. The summed E-state index contributed by atoms with van der Waals surface area (Å²) in [6.07, 6.45) is 4.98. The molecule has 0 fully saturated rings. The van der Waals surface area contributed by atoms with Gasteiger partial charge in [0.05, 0.1) is 11.8 Å². The van der Waals surface area contributed by atoms with Crippen LogP contribution in [0.1, 0.15) is 12.3 Å². The normalized spacial score (nSPS) is 10.8. The van der Waals surface area contributed by atoms with Crippen LogP contribution in [0.3, 0.4) is 0 Å². The topological polar surface area (TPSA) is 159 Å². The molecule has 0 saturated carbocycles. The summed E-state index contributed by atoms with van der Waals surface area (Å²) in [5.41, 5.74) is 6.73. The molecule has 0 spiro atoms.